The summed E-state index contributed by atoms with van der Waals surface area (Å²) in [6.45, 7) is 4.71. The Morgan fingerprint density at radius 1 is 1.24 bits per heavy atom. The van der Waals surface area contributed by atoms with Gasteiger partial charge in [-0.1, -0.05) is 0 Å². The van der Waals surface area contributed by atoms with Gasteiger partial charge in [0.25, 0.3) is 0 Å². The van der Waals surface area contributed by atoms with Crippen molar-refractivity contribution in [3.63, 3.8) is 0 Å². The summed E-state index contributed by atoms with van der Waals surface area (Å²) in [6, 6.07) is 3.18. The summed E-state index contributed by atoms with van der Waals surface area (Å²) in [4.78, 5) is 29.8. The van der Waals surface area contributed by atoms with E-state index in [9.17, 15) is 14.9 Å². The Balaban J connectivity index is 1.80. The number of ether oxygens (including phenoxy) is 1. The molecule has 1 amide bonds. The second kappa shape index (κ2) is 7.37. The number of amides is 1. The van der Waals surface area contributed by atoms with Gasteiger partial charge in [0.15, 0.2) is 5.75 Å². The number of nitrogens with zero attached hydrogens (tertiary/aromatic N) is 4. The van der Waals surface area contributed by atoms with Crippen LogP contribution in [-0.2, 0) is 11.2 Å². The first-order valence-corrected chi connectivity index (χ1v) is 8.56. The number of carbonyl (C=O) groups is 1. The summed E-state index contributed by atoms with van der Waals surface area (Å²) in [5.41, 5.74) is 1.54. The minimum absolute atomic E-state index is 0.0430. The molecule has 0 N–H and O–H groups in total. The number of methoxy groups -OCH3 is 1. The van der Waals surface area contributed by atoms with Gasteiger partial charge in [-0.05, 0) is 25.5 Å². The number of nitro benzene ring substituents is 1. The van der Waals surface area contributed by atoms with Crippen LogP contribution in [0.4, 0.5) is 11.4 Å². The molecule has 1 aromatic rings. The van der Waals surface area contributed by atoms with Crippen LogP contribution in [0.15, 0.2) is 12.1 Å². The number of hydrogen-bond donors (Lipinski definition) is 0. The van der Waals surface area contributed by atoms with Gasteiger partial charge in [-0.25, -0.2) is 0 Å². The van der Waals surface area contributed by atoms with Gasteiger partial charge in [0, 0.05) is 44.9 Å². The Hall–Kier alpha value is -2.19. The second-order valence-electron chi connectivity index (χ2n) is 6.64. The number of carbonyl (C=O) groups excluding carboxylic acids is 1. The van der Waals surface area contributed by atoms with E-state index in [-0.39, 0.29) is 17.3 Å². The van der Waals surface area contributed by atoms with Crippen LogP contribution in [0.2, 0.25) is 0 Å². The monoisotopic (exact) mass is 348 g/mol. The van der Waals surface area contributed by atoms with Crippen LogP contribution in [-0.4, -0.2) is 74.1 Å². The lowest BCUT2D eigenvalue weighted by molar-refractivity contribution is -0.385. The fourth-order valence-electron chi connectivity index (χ4n) is 3.45. The molecule has 136 valence electrons. The van der Waals surface area contributed by atoms with Crippen molar-refractivity contribution in [2.75, 3.05) is 58.3 Å². The lowest BCUT2D eigenvalue weighted by Gasteiger charge is -2.35. The maximum absolute atomic E-state index is 12.8. The van der Waals surface area contributed by atoms with Gasteiger partial charge in [0.1, 0.15) is 0 Å². The number of nitro groups is 1. The van der Waals surface area contributed by atoms with Crippen LogP contribution in [0.5, 0.6) is 5.75 Å². The number of anilines is 1. The van der Waals surface area contributed by atoms with Crippen LogP contribution in [0.3, 0.4) is 0 Å². The largest absolute Gasteiger partial charge is 0.490 e. The van der Waals surface area contributed by atoms with Crippen molar-refractivity contribution in [2.24, 2.45) is 0 Å². The zero-order chi connectivity index (χ0) is 18.0. The van der Waals surface area contributed by atoms with Crippen LogP contribution in [0.1, 0.15) is 12.0 Å². The molecule has 2 heterocycles. The van der Waals surface area contributed by atoms with E-state index in [1.807, 2.05) is 0 Å². The Morgan fingerprint density at radius 2 is 1.96 bits per heavy atom. The van der Waals surface area contributed by atoms with Crippen molar-refractivity contribution in [1.29, 1.82) is 0 Å². The van der Waals surface area contributed by atoms with Gasteiger partial charge < -0.3 is 14.5 Å². The number of rotatable bonds is 4. The molecule has 8 nitrogen and oxygen atoms in total. The van der Waals surface area contributed by atoms with Gasteiger partial charge in [0.2, 0.25) is 5.91 Å². The third kappa shape index (κ3) is 3.74. The standard InChI is InChI=1S/C17H24N4O4/c1-18-6-8-19(9-7-18)12-17(22)20-5-3-4-13-10-15(21(23)24)16(25-2)11-14(13)20/h10-11H,3-9,12H2,1-2H3. The SMILES string of the molecule is COc1cc2c(cc1[N+](=O)[O-])CCCN2C(=O)CN1CCN(C)CC1. The molecule has 3 rings (SSSR count). The maximum Gasteiger partial charge on any atom is 0.311 e. The maximum atomic E-state index is 12.8. The summed E-state index contributed by atoms with van der Waals surface area (Å²) in [6.07, 6.45) is 1.55. The molecule has 25 heavy (non-hydrogen) atoms. The average molecular weight is 348 g/mol. The van der Waals surface area contributed by atoms with E-state index in [2.05, 4.69) is 16.8 Å². The number of benzene rings is 1. The molecule has 0 bridgehead atoms. The van der Waals surface area contributed by atoms with Crippen LogP contribution >= 0.6 is 0 Å². The molecular formula is C17H24N4O4. The molecule has 0 atom stereocenters. The van der Waals surface area contributed by atoms with E-state index in [0.29, 0.717) is 13.1 Å². The third-order valence-electron chi connectivity index (χ3n) is 4.95. The van der Waals surface area contributed by atoms with Crippen molar-refractivity contribution in [3.05, 3.63) is 27.8 Å². The second-order valence-corrected chi connectivity index (χ2v) is 6.64. The smallest absolute Gasteiger partial charge is 0.311 e. The average Bonchev–Trinajstić information content (AvgIpc) is 2.61. The van der Waals surface area contributed by atoms with Crippen LogP contribution in [0, 0.1) is 10.1 Å². The minimum Gasteiger partial charge on any atom is -0.490 e. The molecular weight excluding hydrogens is 324 g/mol. The Labute approximate surface area is 147 Å². The number of hydrogen-bond acceptors (Lipinski definition) is 6. The van der Waals surface area contributed by atoms with Gasteiger partial charge >= 0.3 is 5.69 Å². The molecule has 1 fully saturated rings. The molecule has 0 saturated carbocycles. The molecule has 8 heteroatoms. The summed E-state index contributed by atoms with van der Waals surface area (Å²) in [5, 5.41) is 11.2. The van der Waals surface area contributed by atoms with Crippen molar-refractivity contribution in [1.82, 2.24) is 9.80 Å². The summed E-state index contributed by atoms with van der Waals surface area (Å²) in [5.74, 6) is 0.240. The van der Waals surface area contributed by atoms with E-state index in [0.717, 1.165) is 50.3 Å². The van der Waals surface area contributed by atoms with Crippen molar-refractivity contribution in [3.8, 4) is 5.75 Å². The van der Waals surface area contributed by atoms with Crippen molar-refractivity contribution < 1.29 is 14.5 Å². The Kier molecular flexibility index (Phi) is 5.19. The Morgan fingerprint density at radius 3 is 2.60 bits per heavy atom. The number of fused-ring (bicyclic) bond motifs is 1. The summed E-state index contributed by atoms with van der Waals surface area (Å²) < 4.78 is 5.17. The van der Waals surface area contributed by atoms with E-state index in [4.69, 9.17) is 4.74 Å². The zero-order valence-electron chi connectivity index (χ0n) is 14.7. The topological polar surface area (TPSA) is 79.2 Å². The van der Waals surface area contributed by atoms with Gasteiger partial charge in [-0.2, -0.15) is 0 Å². The highest BCUT2D eigenvalue weighted by Crippen LogP contribution is 2.37. The molecule has 0 unspecified atom stereocenters. The number of aryl methyl sites for hydroxylation is 1. The first kappa shape index (κ1) is 17.6. The molecule has 0 spiro atoms. The fourth-order valence-corrected chi connectivity index (χ4v) is 3.45. The van der Waals surface area contributed by atoms with Crippen LogP contribution < -0.4 is 9.64 Å². The molecule has 0 radical (unpaired) electrons. The highest BCUT2D eigenvalue weighted by Gasteiger charge is 2.28. The highest BCUT2D eigenvalue weighted by atomic mass is 16.6. The third-order valence-corrected chi connectivity index (χ3v) is 4.95. The lowest BCUT2D eigenvalue weighted by atomic mass is 10.00. The lowest BCUT2D eigenvalue weighted by Crippen LogP contribution is -2.49. The predicted molar refractivity (Wildman–Crippen MR) is 94.3 cm³/mol. The molecule has 1 saturated heterocycles. The summed E-state index contributed by atoms with van der Waals surface area (Å²) in [7, 11) is 3.49. The number of piperazine rings is 1. The molecule has 0 aliphatic carbocycles. The highest BCUT2D eigenvalue weighted by molar-refractivity contribution is 5.96. The fraction of sp³-hybridized carbons (Fsp3) is 0.588. The molecule has 1 aromatic carbocycles. The van der Waals surface area contributed by atoms with Crippen molar-refractivity contribution in [2.45, 2.75) is 12.8 Å². The predicted octanol–water partition coefficient (Wildman–Crippen LogP) is 1.13. The van der Waals surface area contributed by atoms with Gasteiger partial charge in [-0.3, -0.25) is 19.8 Å². The Bertz CT molecular complexity index is 671. The van der Waals surface area contributed by atoms with E-state index < -0.39 is 4.92 Å². The molecule has 2 aliphatic rings. The van der Waals surface area contributed by atoms with E-state index in [1.54, 1.807) is 17.0 Å². The van der Waals surface area contributed by atoms with E-state index >= 15 is 0 Å². The summed E-state index contributed by atoms with van der Waals surface area (Å²) >= 11 is 0. The quantitative estimate of drug-likeness (QED) is 0.599. The normalized spacial score (nSPS) is 18.7. The molecule has 0 aromatic heterocycles. The first-order chi connectivity index (χ1) is 12.0. The van der Waals surface area contributed by atoms with Crippen LogP contribution in [0.25, 0.3) is 0 Å². The first-order valence-electron chi connectivity index (χ1n) is 8.56. The minimum atomic E-state index is -0.440. The number of likely N-dealkylation sites (N-methyl/N-ethyl adjacent to an activating group) is 1. The van der Waals surface area contributed by atoms with Crippen molar-refractivity contribution >= 4 is 17.3 Å². The van der Waals surface area contributed by atoms with Gasteiger partial charge in [-0.15, -0.1) is 0 Å². The zero-order valence-corrected chi connectivity index (χ0v) is 14.7. The van der Waals surface area contributed by atoms with Gasteiger partial charge in [0.05, 0.1) is 24.3 Å². The molecule has 2 aliphatic heterocycles. The van der Waals surface area contributed by atoms with E-state index in [1.165, 1.54) is 7.11 Å².